The first-order chi connectivity index (χ1) is 13.9. The lowest BCUT2D eigenvalue weighted by Crippen LogP contribution is -2.39. The summed E-state index contributed by atoms with van der Waals surface area (Å²) in [4.78, 5) is 25.9. The number of nitrogen functional groups attached to an aromatic ring is 1. The van der Waals surface area contributed by atoms with Crippen LogP contribution in [0.3, 0.4) is 0 Å². The van der Waals surface area contributed by atoms with Crippen molar-refractivity contribution in [1.82, 2.24) is 34.5 Å². The molecule has 0 unspecified atom stereocenters. The summed E-state index contributed by atoms with van der Waals surface area (Å²) in [6.07, 6.45) is 5.66. The van der Waals surface area contributed by atoms with E-state index in [2.05, 4.69) is 29.6 Å². The van der Waals surface area contributed by atoms with Gasteiger partial charge in [0.2, 0.25) is 5.95 Å². The second-order valence-electron chi connectivity index (χ2n) is 8.40. The Morgan fingerprint density at radius 3 is 2.59 bits per heavy atom. The summed E-state index contributed by atoms with van der Waals surface area (Å²) in [6, 6.07) is 0. The van der Waals surface area contributed by atoms with E-state index in [1.807, 2.05) is 26.0 Å². The molecule has 1 fully saturated rings. The van der Waals surface area contributed by atoms with Gasteiger partial charge in [0, 0.05) is 37.3 Å². The maximum Gasteiger partial charge on any atom is 0.272 e. The monoisotopic (exact) mass is 398 g/mol. The summed E-state index contributed by atoms with van der Waals surface area (Å²) >= 11 is 0. The highest BCUT2D eigenvalue weighted by molar-refractivity contribution is 5.94. The van der Waals surface area contributed by atoms with Crippen molar-refractivity contribution < 1.29 is 4.79 Å². The van der Waals surface area contributed by atoms with Crippen LogP contribution in [0.5, 0.6) is 0 Å². The average molecular weight is 399 g/mol. The number of anilines is 1. The zero-order valence-corrected chi connectivity index (χ0v) is 17.6. The molecule has 0 aromatic carbocycles. The number of nitrogens with zero attached hydrogens (tertiary/aromatic N) is 7. The minimum absolute atomic E-state index is 0.0121. The number of hydrogen-bond donors (Lipinski definition) is 1. The average Bonchev–Trinajstić information content (AvgIpc) is 3.06. The van der Waals surface area contributed by atoms with Gasteiger partial charge in [-0.3, -0.25) is 4.79 Å². The van der Waals surface area contributed by atoms with E-state index in [9.17, 15) is 4.79 Å². The molecule has 9 heteroatoms. The van der Waals surface area contributed by atoms with Gasteiger partial charge in [0.15, 0.2) is 0 Å². The number of piperidine rings is 1. The van der Waals surface area contributed by atoms with Crippen LogP contribution in [0.4, 0.5) is 5.95 Å². The number of fused-ring (bicyclic) bond motifs is 1. The van der Waals surface area contributed by atoms with Crippen LogP contribution in [0.2, 0.25) is 0 Å². The molecule has 2 N–H and O–H groups in total. The Labute approximate surface area is 171 Å². The Morgan fingerprint density at radius 1 is 1.14 bits per heavy atom. The molecule has 1 saturated heterocycles. The molecule has 29 heavy (non-hydrogen) atoms. The first-order valence-electron chi connectivity index (χ1n) is 10.4. The standard InChI is InChI=1S/C20H30N8O/c1-26(2)12-16-24-25-18(27(16)3)13-8-10-28(11-9-13)19(29)17-14-6-4-5-7-15(14)22-20(21)23-17/h13H,4-12H2,1-3H3,(H2,21,22,23). The van der Waals surface area contributed by atoms with Crippen molar-refractivity contribution in [3.63, 3.8) is 0 Å². The summed E-state index contributed by atoms with van der Waals surface area (Å²) < 4.78 is 2.10. The normalized spacial score (nSPS) is 17.6. The summed E-state index contributed by atoms with van der Waals surface area (Å²) in [7, 11) is 6.08. The predicted octanol–water partition coefficient (Wildman–Crippen LogP) is 1.15. The number of likely N-dealkylation sites (tertiary alicyclic amines) is 1. The van der Waals surface area contributed by atoms with Crippen LogP contribution < -0.4 is 5.73 Å². The number of nitrogens with two attached hydrogens (primary N) is 1. The van der Waals surface area contributed by atoms with Crippen LogP contribution in [-0.2, 0) is 26.4 Å². The highest BCUT2D eigenvalue weighted by Crippen LogP contribution is 2.29. The fourth-order valence-corrected chi connectivity index (χ4v) is 4.43. The largest absolute Gasteiger partial charge is 0.368 e. The van der Waals surface area contributed by atoms with Crippen LogP contribution in [0.1, 0.15) is 65.0 Å². The number of rotatable bonds is 4. The van der Waals surface area contributed by atoms with Crippen molar-refractivity contribution in [3.8, 4) is 0 Å². The molecule has 4 rings (SSSR count). The van der Waals surface area contributed by atoms with Crippen LogP contribution in [-0.4, -0.2) is 67.6 Å². The molecule has 0 spiro atoms. The smallest absolute Gasteiger partial charge is 0.272 e. The Kier molecular flexibility index (Phi) is 5.49. The second kappa shape index (κ2) is 8.06. The topological polar surface area (TPSA) is 106 Å². The minimum Gasteiger partial charge on any atom is -0.368 e. The molecule has 2 aliphatic rings. The lowest BCUT2D eigenvalue weighted by Gasteiger charge is -2.32. The molecule has 2 aromatic heterocycles. The molecule has 0 atom stereocenters. The lowest BCUT2D eigenvalue weighted by molar-refractivity contribution is 0.0702. The zero-order chi connectivity index (χ0) is 20.5. The van der Waals surface area contributed by atoms with E-state index in [0.29, 0.717) is 24.7 Å². The highest BCUT2D eigenvalue weighted by atomic mass is 16.2. The molecule has 0 bridgehead atoms. The first kappa shape index (κ1) is 19.8. The summed E-state index contributed by atoms with van der Waals surface area (Å²) in [6.45, 7) is 2.15. The second-order valence-corrected chi connectivity index (χ2v) is 8.40. The molecular formula is C20H30N8O. The Balaban J connectivity index is 1.46. The molecule has 156 valence electrons. The van der Waals surface area contributed by atoms with Gasteiger partial charge in [-0.05, 0) is 52.6 Å². The minimum atomic E-state index is -0.0121. The van der Waals surface area contributed by atoms with Crippen molar-refractivity contribution in [2.24, 2.45) is 7.05 Å². The van der Waals surface area contributed by atoms with Gasteiger partial charge in [0.05, 0.1) is 6.54 Å². The molecule has 1 aliphatic carbocycles. The van der Waals surface area contributed by atoms with Crippen LogP contribution in [0, 0.1) is 0 Å². The molecular weight excluding hydrogens is 368 g/mol. The predicted molar refractivity (Wildman–Crippen MR) is 109 cm³/mol. The van der Waals surface area contributed by atoms with Crippen molar-refractivity contribution in [2.75, 3.05) is 32.9 Å². The number of amides is 1. The lowest BCUT2D eigenvalue weighted by atomic mass is 9.93. The van der Waals surface area contributed by atoms with Gasteiger partial charge >= 0.3 is 0 Å². The van der Waals surface area contributed by atoms with Gasteiger partial charge in [0.1, 0.15) is 17.3 Å². The number of hydrogen-bond acceptors (Lipinski definition) is 7. The summed E-state index contributed by atoms with van der Waals surface area (Å²) in [5.74, 6) is 2.49. The van der Waals surface area contributed by atoms with Crippen LogP contribution >= 0.6 is 0 Å². The quantitative estimate of drug-likeness (QED) is 0.823. The van der Waals surface area contributed by atoms with Gasteiger partial charge in [-0.1, -0.05) is 0 Å². The van der Waals surface area contributed by atoms with Crippen molar-refractivity contribution >= 4 is 11.9 Å². The van der Waals surface area contributed by atoms with E-state index in [-0.39, 0.29) is 11.9 Å². The fourth-order valence-electron chi connectivity index (χ4n) is 4.43. The van der Waals surface area contributed by atoms with E-state index in [1.54, 1.807) is 0 Å². The molecule has 0 radical (unpaired) electrons. The molecule has 1 amide bonds. The third-order valence-electron chi connectivity index (χ3n) is 6.01. The van der Waals surface area contributed by atoms with E-state index in [1.165, 1.54) is 0 Å². The molecule has 9 nitrogen and oxygen atoms in total. The van der Waals surface area contributed by atoms with E-state index < -0.39 is 0 Å². The zero-order valence-electron chi connectivity index (χ0n) is 17.6. The van der Waals surface area contributed by atoms with Gasteiger partial charge in [-0.2, -0.15) is 0 Å². The number of aryl methyl sites for hydroxylation is 1. The summed E-state index contributed by atoms with van der Waals surface area (Å²) in [5, 5.41) is 8.79. The molecule has 0 saturated carbocycles. The van der Waals surface area contributed by atoms with Crippen molar-refractivity contribution in [2.45, 2.75) is 51.0 Å². The molecule has 2 aromatic rings. The fraction of sp³-hybridized carbons (Fsp3) is 0.650. The number of aromatic nitrogens is 5. The van der Waals surface area contributed by atoms with E-state index in [0.717, 1.165) is 68.0 Å². The summed E-state index contributed by atoms with van der Waals surface area (Å²) in [5.41, 5.74) is 8.35. The maximum absolute atomic E-state index is 13.2. The number of carbonyl (C=O) groups is 1. The van der Waals surface area contributed by atoms with Gasteiger partial charge < -0.3 is 20.1 Å². The third-order valence-corrected chi connectivity index (χ3v) is 6.01. The third kappa shape index (κ3) is 3.96. The highest BCUT2D eigenvalue weighted by Gasteiger charge is 2.30. The molecule has 3 heterocycles. The maximum atomic E-state index is 13.2. The van der Waals surface area contributed by atoms with Crippen molar-refractivity contribution in [3.05, 3.63) is 28.6 Å². The SMILES string of the molecule is CN(C)Cc1nnc(C2CCN(C(=O)c3nc(N)nc4c3CCCC4)CC2)n1C. The van der Waals surface area contributed by atoms with Crippen LogP contribution in [0.15, 0.2) is 0 Å². The first-order valence-corrected chi connectivity index (χ1v) is 10.4. The Bertz CT molecular complexity index is 898. The Morgan fingerprint density at radius 2 is 1.86 bits per heavy atom. The molecule has 1 aliphatic heterocycles. The van der Waals surface area contributed by atoms with Crippen LogP contribution in [0.25, 0.3) is 0 Å². The van der Waals surface area contributed by atoms with E-state index >= 15 is 0 Å². The Hall–Kier alpha value is -2.55. The van der Waals surface area contributed by atoms with Gasteiger partial charge in [-0.25, -0.2) is 9.97 Å². The van der Waals surface area contributed by atoms with Gasteiger partial charge in [-0.15, -0.1) is 10.2 Å². The number of carbonyl (C=O) groups excluding carboxylic acids is 1. The van der Waals surface area contributed by atoms with Crippen molar-refractivity contribution in [1.29, 1.82) is 0 Å². The van der Waals surface area contributed by atoms with Gasteiger partial charge in [0.25, 0.3) is 5.91 Å². The van der Waals surface area contributed by atoms with E-state index in [4.69, 9.17) is 5.73 Å².